The fourth-order valence-electron chi connectivity index (χ4n) is 3.86. The minimum atomic E-state index is -3.62. The second-order valence-corrected chi connectivity index (χ2v) is 13.5. The highest BCUT2D eigenvalue weighted by Crippen LogP contribution is 2.36. The van der Waals surface area contributed by atoms with Crippen molar-refractivity contribution >= 4 is 25.3 Å². The molecule has 1 aliphatic rings. The quantitative estimate of drug-likeness (QED) is 0.284. The minimum absolute atomic E-state index is 0.0923. The van der Waals surface area contributed by atoms with E-state index in [1.54, 1.807) is 11.1 Å². The Balaban J connectivity index is 2.17. The molecule has 1 aromatic heterocycles. The number of imidazole rings is 1. The van der Waals surface area contributed by atoms with Gasteiger partial charge in [0.2, 0.25) is 0 Å². The van der Waals surface area contributed by atoms with Gasteiger partial charge in [-0.05, 0) is 31.4 Å². The second-order valence-electron chi connectivity index (χ2n) is 9.53. The first-order valence-corrected chi connectivity index (χ1v) is 15.5. The number of carbonyl (C=O) groups is 1. The van der Waals surface area contributed by atoms with Crippen molar-refractivity contribution in [2.75, 3.05) is 19.4 Å². The van der Waals surface area contributed by atoms with Crippen molar-refractivity contribution < 1.29 is 26.6 Å². The first-order valence-electron chi connectivity index (χ1n) is 10.9. The van der Waals surface area contributed by atoms with Gasteiger partial charge < -0.3 is 18.6 Å². The van der Waals surface area contributed by atoms with Gasteiger partial charge in [0, 0.05) is 25.0 Å². The molecule has 0 radical (unpaired) electrons. The number of ether oxygens (including phenoxy) is 1. The predicted octanol–water partition coefficient (Wildman–Crippen LogP) is 3.10. The summed E-state index contributed by atoms with van der Waals surface area (Å²) in [7, 11) is -4.93. The Morgan fingerprint density at radius 3 is 2.66 bits per heavy atom. The molecule has 32 heavy (non-hydrogen) atoms. The maximum Gasteiger partial charge on any atom is 0.410 e. The van der Waals surface area contributed by atoms with Crippen LogP contribution >= 0.6 is 0 Å². The van der Waals surface area contributed by atoms with Crippen LogP contribution in [0.5, 0.6) is 0 Å². The summed E-state index contributed by atoms with van der Waals surface area (Å²) in [5.41, 5.74) is -0.122. The van der Waals surface area contributed by atoms with E-state index in [9.17, 15) is 13.2 Å². The van der Waals surface area contributed by atoms with E-state index in [0.29, 0.717) is 19.4 Å². The first-order chi connectivity index (χ1) is 14.8. The lowest BCUT2D eigenvalue weighted by Gasteiger charge is -2.32. The molecule has 1 amide bonds. The lowest BCUT2D eigenvalue weighted by molar-refractivity contribution is 0.0742. The summed E-state index contributed by atoms with van der Waals surface area (Å²) in [6, 6.07) is -0.220. The molecule has 1 aliphatic heterocycles. The molecule has 9 nitrogen and oxygen atoms in total. The Labute approximate surface area is 193 Å². The van der Waals surface area contributed by atoms with Crippen LogP contribution in [0.25, 0.3) is 0 Å². The number of aryl methyl sites for hydroxylation is 1. The molecule has 11 heteroatoms. The van der Waals surface area contributed by atoms with Crippen molar-refractivity contribution in [3.05, 3.63) is 30.9 Å². The number of likely N-dealkylation sites (tertiary alicyclic amines) is 1. The molecule has 2 heterocycles. The van der Waals surface area contributed by atoms with E-state index in [4.69, 9.17) is 13.3 Å². The lowest BCUT2D eigenvalue weighted by atomic mass is 9.88. The Bertz CT molecular complexity index is 880. The number of hydrogen-bond donors (Lipinski definition) is 0. The fourth-order valence-corrected chi connectivity index (χ4v) is 5.57. The van der Waals surface area contributed by atoms with Crippen LogP contribution in [0, 0.1) is 5.41 Å². The summed E-state index contributed by atoms with van der Waals surface area (Å²) < 4.78 is 41.9. The van der Waals surface area contributed by atoms with Crippen LogP contribution < -0.4 is 0 Å². The standard InChI is InChI=1S/C21H37N3O6SSi/c1-8-13-28-20(25)24-15-17(29-31(5,26)27)14-16(24)9-11-23-12-10-22-19(23)18(21(2,3)4)30-32(6)7/h8,10,12,16-18,32H,1,9,11,13-15H2,2-7H3/t16-,17-,18?/m1/s1. The van der Waals surface area contributed by atoms with E-state index >= 15 is 0 Å². The largest absolute Gasteiger partial charge is 0.445 e. The molecule has 0 N–H and O–H groups in total. The minimum Gasteiger partial charge on any atom is -0.445 e. The van der Waals surface area contributed by atoms with Gasteiger partial charge in [0.1, 0.15) is 18.5 Å². The second kappa shape index (κ2) is 11.0. The van der Waals surface area contributed by atoms with Crippen LogP contribution in [0.4, 0.5) is 4.79 Å². The molecule has 0 spiro atoms. The van der Waals surface area contributed by atoms with Gasteiger partial charge in [0.15, 0.2) is 9.04 Å². The van der Waals surface area contributed by atoms with E-state index in [-0.39, 0.29) is 30.7 Å². The van der Waals surface area contributed by atoms with Gasteiger partial charge in [-0.1, -0.05) is 33.4 Å². The maximum absolute atomic E-state index is 12.5. The van der Waals surface area contributed by atoms with Gasteiger partial charge in [-0.25, -0.2) is 9.78 Å². The highest BCUT2D eigenvalue weighted by atomic mass is 32.2. The van der Waals surface area contributed by atoms with Crippen LogP contribution in [0.1, 0.15) is 45.5 Å². The molecule has 3 atom stereocenters. The van der Waals surface area contributed by atoms with E-state index in [2.05, 4.69) is 50.0 Å². The molecule has 1 saturated heterocycles. The van der Waals surface area contributed by atoms with Crippen molar-refractivity contribution in [2.24, 2.45) is 5.41 Å². The number of carbonyl (C=O) groups excluding carboxylic acids is 1. The SMILES string of the molecule is C=CCOC(=O)N1C[C@H](OS(C)(=O)=O)C[C@H]1CCn1ccnc1C(O[SiH](C)C)C(C)(C)C. The van der Waals surface area contributed by atoms with Gasteiger partial charge in [-0.3, -0.25) is 4.18 Å². The average Bonchev–Trinajstić information content (AvgIpc) is 3.26. The number of aromatic nitrogens is 2. The Kier molecular flexibility index (Phi) is 9.09. The van der Waals surface area contributed by atoms with Gasteiger partial charge in [-0.15, -0.1) is 0 Å². The zero-order valence-corrected chi connectivity index (χ0v) is 22.0. The van der Waals surface area contributed by atoms with Crippen LogP contribution in [0.3, 0.4) is 0 Å². The molecular formula is C21H37N3O6SSi. The van der Waals surface area contributed by atoms with Gasteiger partial charge in [-0.2, -0.15) is 8.42 Å². The average molecular weight is 488 g/mol. The lowest BCUT2D eigenvalue weighted by Crippen LogP contribution is -2.37. The van der Waals surface area contributed by atoms with Crippen molar-refractivity contribution in [3.8, 4) is 0 Å². The molecule has 1 aromatic rings. The van der Waals surface area contributed by atoms with Gasteiger partial charge >= 0.3 is 6.09 Å². The number of nitrogens with zero attached hydrogens (tertiary/aromatic N) is 3. The van der Waals surface area contributed by atoms with Crippen LogP contribution in [-0.4, -0.2) is 69.6 Å². The molecule has 1 unspecified atom stereocenters. The van der Waals surface area contributed by atoms with Crippen LogP contribution in [0.15, 0.2) is 25.0 Å². The van der Waals surface area contributed by atoms with Gasteiger partial charge in [0.25, 0.3) is 10.1 Å². The van der Waals surface area contributed by atoms with Crippen LogP contribution in [0.2, 0.25) is 13.1 Å². The number of rotatable bonds is 10. The molecular weight excluding hydrogens is 450 g/mol. The zero-order chi connectivity index (χ0) is 24.1. The van der Waals surface area contributed by atoms with E-state index in [0.717, 1.165) is 12.1 Å². The van der Waals surface area contributed by atoms with Gasteiger partial charge in [0.05, 0.1) is 18.9 Å². The smallest absolute Gasteiger partial charge is 0.410 e. The summed E-state index contributed by atoms with van der Waals surface area (Å²) in [6.45, 7) is 15.1. The molecule has 0 saturated carbocycles. The Hall–Kier alpha value is -1.69. The van der Waals surface area contributed by atoms with Crippen molar-refractivity contribution in [2.45, 2.75) is 71.5 Å². The summed E-state index contributed by atoms with van der Waals surface area (Å²) in [5, 5.41) is 0. The molecule has 0 bridgehead atoms. The molecule has 182 valence electrons. The molecule has 0 aromatic carbocycles. The van der Waals surface area contributed by atoms with E-state index in [1.165, 1.54) is 6.08 Å². The summed E-state index contributed by atoms with van der Waals surface area (Å²) >= 11 is 0. The number of hydrogen-bond acceptors (Lipinski definition) is 7. The topological polar surface area (TPSA) is 100.0 Å². The van der Waals surface area contributed by atoms with Crippen LogP contribution in [-0.2, 0) is 30.0 Å². The highest BCUT2D eigenvalue weighted by molar-refractivity contribution is 7.86. The highest BCUT2D eigenvalue weighted by Gasteiger charge is 2.38. The fraction of sp³-hybridized carbons (Fsp3) is 0.714. The molecule has 2 rings (SSSR count). The normalized spacial score (nSPS) is 20.5. The molecule has 0 aliphatic carbocycles. The summed E-state index contributed by atoms with van der Waals surface area (Å²) in [4.78, 5) is 18.7. The van der Waals surface area contributed by atoms with E-state index in [1.807, 2.05) is 6.20 Å². The maximum atomic E-state index is 12.5. The van der Waals surface area contributed by atoms with E-state index < -0.39 is 31.4 Å². The van der Waals surface area contributed by atoms with Crippen molar-refractivity contribution in [3.63, 3.8) is 0 Å². The van der Waals surface area contributed by atoms with Crippen molar-refractivity contribution in [1.29, 1.82) is 0 Å². The third-order valence-corrected chi connectivity index (χ3v) is 6.56. The zero-order valence-electron chi connectivity index (χ0n) is 20.0. The Morgan fingerprint density at radius 1 is 1.41 bits per heavy atom. The predicted molar refractivity (Wildman–Crippen MR) is 125 cm³/mol. The third-order valence-electron chi connectivity index (χ3n) is 5.13. The summed E-state index contributed by atoms with van der Waals surface area (Å²) in [6.07, 6.45) is 5.98. The Morgan fingerprint density at radius 2 is 2.09 bits per heavy atom. The summed E-state index contributed by atoms with van der Waals surface area (Å²) in [5.74, 6) is 0.862. The number of amides is 1. The first kappa shape index (κ1) is 26.6. The molecule has 1 fully saturated rings. The van der Waals surface area contributed by atoms with Crippen molar-refractivity contribution in [1.82, 2.24) is 14.5 Å². The monoisotopic (exact) mass is 487 g/mol. The third kappa shape index (κ3) is 7.71.